The van der Waals surface area contributed by atoms with Crippen LogP contribution in [0.15, 0.2) is 90.2 Å². The summed E-state index contributed by atoms with van der Waals surface area (Å²) in [7, 11) is 0. The number of ether oxygens (including phenoxy) is 1. The van der Waals surface area contributed by atoms with E-state index in [1.807, 2.05) is 42.5 Å². The number of thiophene rings is 1. The number of nitrogen functional groups attached to an aromatic ring is 1. The van der Waals surface area contributed by atoms with Crippen LogP contribution >= 0.6 is 11.3 Å². The Labute approximate surface area is 308 Å². The summed E-state index contributed by atoms with van der Waals surface area (Å²) in [6.45, 7) is 4.17. The van der Waals surface area contributed by atoms with Gasteiger partial charge in [0.1, 0.15) is 47.1 Å². The van der Waals surface area contributed by atoms with E-state index < -0.39 is 17.2 Å². The summed E-state index contributed by atoms with van der Waals surface area (Å²) in [4.78, 5) is 27.9. The summed E-state index contributed by atoms with van der Waals surface area (Å²) in [6.07, 6.45) is 4.58. The van der Waals surface area contributed by atoms with Crippen LogP contribution in [-0.4, -0.2) is 73.7 Å². The van der Waals surface area contributed by atoms with Gasteiger partial charge in [-0.25, -0.2) is 23.4 Å². The number of anilines is 3. The number of aliphatic hydroxyl groups is 1. The molecule has 2 aliphatic heterocycles. The number of benzene rings is 3. The van der Waals surface area contributed by atoms with Gasteiger partial charge in [-0.15, -0.1) is 11.3 Å². The third kappa shape index (κ3) is 7.25. The van der Waals surface area contributed by atoms with E-state index in [2.05, 4.69) is 42.3 Å². The van der Waals surface area contributed by atoms with Crippen molar-refractivity contribution >= 4 is 38.9 Å². The van der Waals surface area contributed by atoms with Gasteiger partial charge in [0.15, 0.2) is 5.82 Å². The topological polar surface area (TPSA) is 140 Å². The molecule has 6 aromatic rings. The molecule has 53 heavy (non-hydrogen) atoms. The smallest absolute Gasteiger partial charge is 0.298 e. The van der Waals surface area contributed by atoms with Gasteiger partial charge >= 0.3 is 0 Å². The maximum atomic E-state index is 14.9. The highest BCUT2D eigenvalue weighted by atomic mass is 32.1. The third-order valence-corrected chi connectivity index (χ3v) is 11.0. The molecule has 1 saturated heterocycles. The summed E-state index contributed by atoms with van der Waals surface area (Å²) in [6, 6.07) is 21.1. The van der Waals surface area contributed by atoms with Crippen LogP contribution in [0, 0.1) is 17.6 Å². The minimum Gasteiger partial charge on any atom is -0.490 e. The van der Waals surface area contributed by atoms with E-state index in [4.69, 9.17) is 10.5 Å². The van der Waals surface area contributed by atoms with Crippen molar-refractivity contribution in [3.8, 4) is 11.4 Å². The van der Waals surface area contributed by atoms with E-state index in [0.29, 0.717) is 54.7 Å². The first-order chi connectivity index (χ1) is 25.7. The lowest BCUT2D eigenvalue weighted by molar-refractivity contribution is -0.0286. The number of β-amino-alcohol motifs (C(OH)–C–C–N with tert-alkyl or cyclic N) is 1. The predicted octanol–water partition coefficient (Wildman–Crippen LogP) is 4.82. The Morgan fingerprint density at radius 3 is 2.60 bits per heavy atom. The lowest BCUT2D eigenvalue weighted by Gasteiger charge is -2.38. The molecule has 3 aromatic carbocycles. The lowest BCUT2D eigenvalue weighted by atomic mass is 9.90. The van der Waals surface area contributed by atoms with Crippen LogP contribution in [0.3, 0.4) is 0 Å². The standard InChI is InChI=1S/C38H39F2N9O3S/c39-26-6-8-30(31(40)16-26)38(51,22-47-24-43-23-44-47)21-46-12-10-25(11-13-46)19-42-20-29-18-33-36(53-29)45-35(41)37(50)49(33)28-7-9-34-32(17-28)48(14-15-52-34)27-4-2-1-3-5-27/h1-9,16-18,23-25,42,51H,10-15,19-22H2,(H2,41,45)/t38-/m0/s1. The molecule has 5 heterocycles. The summed E-state index contributed by atoms with van der Waals surface area (Å²) in [5, 5.41) is 19.4. The second kappa shape index (κ2) is 14.7. The maximum Gasteiger partial charge on any atom is 0.298 e. The number of likely N-dealkylation sites (tertiary alicyclic amines) is 1. The number of hydrogen-bond donors (Lipinski definition) is 3. The zero-order valence-electron chi connectivity index (χ0n) is 28.9. The van der Waals surface area contributed by atoms with Crippen molar-refractivity contribution in [3.63, 3.8) is 0 Å². The number of nitrogens with zero attached hydrogens (tertiary/aromatic N) is 7. The molecule has 8 rings (SSSR count). The van der Waals surface area contributed by atoms with Gasteiger partial charge in [-0.3, -0.25) is 9.36 Å². The SMILES string of the molecule is Nc1nc2sc(CNCC3CCN(C[C@](O)(Cn4cncn4)c4ccc(F)cc4F)CC3)cc2n(-c2ccc3c(c2)N(c2ccccc2)CCO3)c1=O. The number of aromatic nitrogens is 5. The first-order valence-electron chi connectivity index (χ1n) is 17.6. The van der Waals surface area contributed by atoms with E-state index >= 15 is 0 Å². The fraction of sp³-hybridized carbons (Fsp3) is 0.316. The summed E-state index contributed by atoms with van der Waals surface area (Å²) >= 11 is 1.50. The molecule has 12 nitrogen and oxygen atoms in total. The zero-order valence-corrected chi connectivity index (χ0v) is 29.7. The van der Waals surface area contributed by atoms with Gasteiger partial charge in [0.25, 0.3) is 5.56 Å². The summed E-state index contributed by atoms with van der Waals surface area (Å²) in [5.74, 6) is -0.414. The van der Waals surface area contributed by atoms with Crippen LogP contribution < -0.4 is 26.2 Å². The minimum absolute atomic E-state index is 0.0203. The van der Waals surface area contributed by atoms with Crippen molar-refractivity contribution in [2.75, 3.05) is 50.0 Å². The normalized spacial score (nSPS) is 16.4. The fourth-order valence-electron chi connectivity index (χ4n) is 7.39. The molecule has 0 amide bonds. The van der Waals surface area contributed by atoms with E-state index in [1.165, 1.54) is 34.7 Å². The number of nitrogens with two attached hydrogens (primary N) is 1. The van der Waals surface area contributed by atoms with Crippen molar-refractivity contribution in [1.29, 1.82) is 0 Å². The molecule has 0 unspecified atom stereocenters. The van der Waals surface area contributed by atoms with E-state index in [1.54, 1.807) is 4.57 Å². The van der Waals surface area contributed by atoms with Crippen molar-refractivity contribution < 1.29 is 18.6 Å². The molecular formula is C38H39F2N9O3S. The number of fused-ring (bicyclic) bond motifs is 2. The second-order valence-corrected chi connectivity index (χ2v) is 14.7. The van der Waals surface area contributed by atoms with Crippen molar-refractivity contribution in [2.24, 2.45) is 5.92 Å². The van der Waals surface area contributed by atoms with Gasteiger partial charge in [0, 0.05) is 35.3 Å². The van der Waals surface area contributed by atoms with Crippen LogP contribution in [0.4, 0.5) is 26.0 Å². The fourth-order valence-corrected chi connectivity index (χ4v) is 8.39. The Morgan fingerprint density at radius 1 is 1.00 bits per heavy atom. The molecule has 1 atom stereocenters. The first-order valence-corrected chi connectivity index (χ1v) is 18.4. The molecular weight excluding hydrogens is 701 g/mol. The molecule has 4 N–H and O–H groups in total. The molecule has 0 spiro atoms. The van der Waals surface area contributed by atoms with Gasteiger partial charge in [0.2, 0.25) is 0 Å². The van der Waals surface area contributed by atoms with Crippen molar-refractivity contribution in [3.05, 3.63) is 118 Å². The van der Waals surface area contributed by atoms with Crippen molar-refractivity contribution in [1.82, 2.24) is 34.5 Å². The highest BCUT2D eigenvalue weighted by Gasteiger charge is 2.36. The number of halogens is 2. The molecule has 0 bridgehead atoms. The Balaban J connectivity index is 0.932. The Hall–Kier alpha value is -5.22. The minimum atomic E-state index is -1.63. The number of para-hydroxylation sites is 1. The molecule has 15 heteroatoms. The Bertz CT molecular complexity index is 2280. The Kier molecular flexibility index (Phi) is 9.64. The lowest BCUT2D eigenvalue weighted by Crippen LogP contribution is -2.48. The molecule has 2 aliphatic rings. The van der Waals surface area contributed by atoms with Crippen LogP contribution in [0.1, 0.15) is 23.3 Å². The van der Waals surface area contributed by atoms with Crippen molar-refractivity contribution in [2.45, 2.75) is 31.5 Å². The molecule has 0 radical (unpaired) electrons. The average molecular weight is 740 g/mol. The number of nitrogens with one attached hydrogen (secondary N) is 1. The third-order valence-electron chi connectivity index (χ3n) is 10.0. The van der Waals surface area contributed by atoms with E-state index in [-0.39, 0.29) is 30.0 Å². The van der Waals surface area contributed by atoms with Crippen LogP contribution in [0.2, 0.25) is 0 Å². The number of hydrogen-bond acceptors (Lipinski definition) is 11. The first kappa shape index (κ1) is 34.8. The van der Waals surface area contributed by atoms with Gasteiger partial charge in [-0.2, -0.15) is 5.10 Å². The summed E-state index contributed by atoms with van der Waals surface area (Å²) in [5.41, 5.74) is 7.47. The molecule has 0 saturated carbocycles. The second-order valence-electron chi connectivity index (χ2n) is 13.6. The average Bonchev–Trinajstić information content (AvgIpc) is 3.82. The van der Waals surface area contributed by atoms with E-state index in [9.17, 15) is 18.7 Å². The largest absolute Gasteiger partial charge is 0.490 e. The van der Waals surface area contributed by atoms with Gasteiger partial charge < -0.3 is 30.7 Å². The van der Waals surface area contributed by atoms with E-state index in [0.717, 1.165) is 53.5 Å². The quantitative estimate of drug-likeness (QED) is 0.170. The van der Waals surface area contributed by atoms with Gasteiger partial charge in [0.05, 0.1) is 30.0 Å². The van der Waals surface area contributed by atoms with Gasteiger partial charge in [-0.1, -0.05) is 24.3 Å². The number of piperidine rings is 1. The molecule has 1 fully saturated rings. The summed E-state index contributed by atoms with van der Waals surface area (Å²) < 4.78 is 37.7. The molecule has 274 valence electrons. The van der Waals surface area contributed by atoms with Crippen LogP contribution in [0.5, 0.6) is 5.75 Å². The Morgan fingerprint density at radius 2 is 1.83 bits per heavy atom. The monoisotopic (exact) mass is 739 g/mol. The predicted molar refractivity (Wildman–Crippen MR) is 200 cm³/mol. The highest BCUT2D eigenvalue weighted by Crippen LogP contribution is 2.39. The number of rotatable bonds is 11. The zero-order chi connectivity index (χ0) is 36.5. The molecule has 0 aliphatic carbocycles. The van der Waals surface area contributed by atoms with Crippen LogP contribution in [-0.2, 0) is 18.7 Å². The maximum absolute atomic E-state index is 14.9. The van der Waals surface area contributed by atoms with Gasteiger partial charge in [-0.05, 0) is 80.9 Å². The highest BCUT2D eigenvalue weighted by molar-refractivity contribution is 7.18. The van der Waals surface area contributed by atoms with Crippen LogP contribution in [0.25, 0.3) is 16.0 Å². The molecule has 3 aromatic heterocycles.